The number of hydrogen-bond acceptors (Lipinski definition) is 7. The second-order valence-electron chi connectivity index (χ2n) is 7.29. The van der Waals surface area contributed by atoms with Crippen molar-refractivity contribution in [2.45, 2.75) is 23.0 Å². The Morgan fingerprint density at radius 1 is 1.16 bits per heavy atom. The highest BCUT2D eigenvalue weighted by Gasteiger charge is 2.31. The number of carbonyl (C=O) groups is 4. The maximum atomic E-state index is 12.7. The summed E-state index contributed by atoms with van der Waals surface area (Å²) in [5.41, 5.74) is 1.47. The number of amides is 3. The molecule has 1 fully saturated rings. The van der Waals surface area contributed by atoms with Gasteiger partial charge < -0.3 is 14.7 Å². The second-order valence-corrected chi connectivity index (χ2v) is 9.45. The van der Waals surface area contributed by atoms with E-state index < -0.39 is 11.2 Å². The Balaban J connectivity index is 1.24. The lowest BCUT2D eigenvalue weighted by molar-refractivity contribution is -0.118. The number of fused-ring (bicyclic) bond motifs is 1. The first kappa shape index (κ1) is 22.2. The van der Waals surface area contributed by atoms with Gasteiger partial charge in [-0.1, -0.05) is 23.9 Å². The summed E-state index contributed by atoms with van der Waals surface area (Å²) in [5.74, 6) is -0.279. The van der Waals surface area contributed by atoms with Gasteiger partial charge in [0, 0.05) is 11.4 Å². The van der Waals surface area contributed by atoms with E-state index in [1.54, 1.807) is 11.0 Å². The first-order chi connectivity index (χ1) is 15.4. The van der Waals surface area contributed by atoms with E-state index in [0.29, 0.717) is 43.2 Å². The summed E-state index contributed by atoms with van der Waals surface area (Å²) < 4.78 is 5.75. The number of ether oxygens (including phenoxy) is 1. The maximum Gasteiger partial charge on any atom is 0.335 e. The van der Waals surface area contributed by atoms with Crippen LogP contribution in [0.25, 0.3) is 0 Å². The summed E-state index contributed by atoms with van der Waals surface area (Å²) in [7, 11) is 0. The number of aromatic carboxylic acids is 1. The van der Waals surface area contributed by atoms with E-state index in [0.717, 1.165) is 22.2 Å². The molecule has 2 heterocycles. The van der Waals surface area contributed by atoms with E-state index in [4.69, 9.17) is 9.84 Å². The summed E-state index contributed by atoms with van der Waals surface area (Å²) in [5, 5.41) is 10.7. The Labute approximate surface area is 192 Å². The number of imide groups is 1. The molecule has 1 unspecified atom stereocenters. The SMILES string of the molecule is O=C1NC(=O)C(Cc2ccc(OCCCN3CSc4ccc(C(=O)O)cc4C3=O)cc2)S1. The molecule has 0 aliphatic carbocycles. The van der Waals surface area contributed by atoms with Gasteiger partial charge >= 0.3 is 5.97 Å². The smallest absolute Gasteiger partial charge is 0.335 e. The number of nitrogens with zero attached hydrogens (tertiary/aromatic N) is 1. The van der Waals surface area contributed by atoms with Gasteiger partial charge in [0.25, 0.3) is 11.1 Å². The van der Waals surface area contributed by atoms with Gasteiger partial charge in [-0.05, 0) is 48.7 Å². The van der Waals surface area contributed by atoms with Crippen molar-refractivity contribution < 1.29 is 29.0 Å². The van der Waals surface area contributed by atoms with Crippen molar-refractivity contribution in [3.63, 3.8) is 0 Å². The molecule has 0 spiro atoms. The van der Waals surface area contributed by atoms with Gasteiger partial charge in [0.05, 0.1) is 28.9 Å². The first-order valence-corrected chi connectivity index (χ1v) is 11.8. The minimum absolute atomic E-state index is 0.102. The van der Waals surface area contributed by atoms with Crippen LogP contribution in [0.3, 0.4) is 0 Å². The minimum Gasteiger partial charge on any atom is -0.494 e. The van der Waals surface area contributed by atoms with Crippen molar-refractivity contribution in [1.82, 2.24) is 10.2 Å². The first-order valence-electron chi connectivity index (χ1n) is 9.93. The van der Waals surface area contributed by atoms with E-state index in [9.17, 15) is 19.2 Å². The molecule has 2 aliphatic rings. The monoisotopic (exact) mass is 472 g/mol. The van der Waals surface area contributed by atoms with Crippen LogP contribution in [-0.2, 0) is 11.2 Å². The Morgan fingerprint density at radius 2 is 1.94 bits per heavy atom. The third-order valence-electron chi connectivity index (χ3n) is 5.07. The molecule has 8 nitrogen and oxygen atoms in total. The lowest BCUT2D eigenvalue weighted by Gasteiger charge is -2.28. The molecule has 0 aromatic heterocycles. The molecular formula is C22H20N2O6S2. The topological polar surface area (TPSA) is 113 Å². The molecule has 2 N–H and O–H groups in total. The zero-order valence-electron chi connectivity index (χ0n) is 16.9. The van der Waals surface area contributed by atoms with Crippen LogP contribution in [-0.4, -0.2) is 57.3 Å². The molecule has 4 rings (SSSR count). The van der Waals surface area contributed by atoms with Crippen LogP contribution in [0.4, 0.5) is 4.79 Å². The van der Waals surface area contributed by atoms with Gasteiger partial charge in [-0.3, -0.25) is 19.7 Å². The summed E-state index contributed by atoms with van der Waals surface area (Å²) in [6.45, 7) is 0.925. The van der Waals surface area contributed by atoms with Crippen molar-refractivity contribution in [2.24, 2.45) is 0 Å². The highest BCUT2D eigenvalue weighted by atomic mass is 32.2. The average molecular weight is 473 g/mol. The Morgan fingerprint density at radius 3 is 2.62 bits per heavy atom. The molecule has 2 aromatic carbocycles. The van der Waals surface area contributed by atoms with Gasteiger partial charge in [-0.2, -0.15) is 0 Å². The highest BCUT2D eigenvalue weighted by Crippen LogP contribution is 2.31. The molecule has 0 radical (unpaired) electrons. The van der Waals surface area contributed by atoms with Crippen molar-refractivity contribution in [2.75, 3.05) is 19.0 Å². The van der Waals surface area contributed by atoms with Crippen LogP contribution in [0.5, 0.6) is 5.75 Å². The Bertz CT molecular complexity index is 1070. The fraction of sp³-hybridized carbons (Fsp3) is 0.273. The number of benzene rings is 2. The molecule has 166 valence electrons. The number of hydrogen-bond donors (Lipinski definition) is 2. The van der Waals surface area contributed by atoms with E-state index in [1.807, 2.05) is 24.3 Å². The van der Waals surface area contributed by atoms with E-state index in [1.165, 1.54) is 23.9 Å². The van der Waals surface area contributed by atoms with Crippen LogP contribution in [0.15, 0.2) is 47.4 Å². The normalized spacial score (nSPS) is 17.8. The van der Waals surface area contributed by atoms with Gasteiger partial charge in [0.1, 0.15) is 5.75 Å². The molecule has 0 saturated carbocycles. The quantitative estimate of drug-likeness (QED) is 0.563. The number of carboxylic acids is 1. The number of carbonyl (C=O) groups excluding carboxylic acids is 3. The molecule has 10 heteroatoms. The highest BCUT2D eigenvalue weighted by molar-refractivity contribution is 8.15. The number of nitrogens with one attached hydrogen (secondary N) is 1. The van der Waals surface area contributed by atoms with E-state index >= 15 is 0 Å². The summed E-state index contributed by atoms with van der Waals surface area (Å²) in [6, 6.07) is 12.0. The summed E-state index contributed by atoms with van der Waals surface area (Å²) in [4.78, 5) is 49.3. The van der Waals surface area contributed by atoms with E-state index in [-0.39, 0.29) is 22.6 Å². The molecule has 1 saturated heterocycles. The molecule has 2 aliphatic heterocycles. The van der Waals surface area contributed by atoms with Gasteiger partial charge in [-0.25, -0.2) is 4.79 Å². The van der Waals surface area contributed by atoms with Crippen molar-refractivity contribution in [3.8, 4) is 5.75 Å². The van der Waals surface area contributed by atoms with Gasteiger partial charge in [-0.15, -0.1) is 11.8 Å². The predicted octanol–water partition coefficient (Wildman–Crippen LogP) is 3.25. The maximum absolute atomic E-state index is 12.7. The molecule has 32 heavy (non-hydrogen) atoms. The average Bonchev–Trinajstić information content (AvgIpc) is 3.10. The molecular weight excluding hydrogens is 452 g/mol. The van der Waals surface area contributed by atoms with Crippen molar-refractivity contribution >= 4 is 46.5 Å². The third kappa shape index (κ3) is 5.08. The molecule has 2 aromatic rings. The largest absolute Gasteiger partial charge is 0.494 e. The zero-order chi connectivity index (χ0) is 22.7. The zero-order valence-corrected chi connectivity index (χ0v) is 18.5. The molecule has 3 amide bonds. The second kappa shape index (κ2) is 9.66. The fourth-order valence-electron chi connectivity index (χ4n) is 3.41. The van der Waals surface area contributed by atoms with Crippen LogP contribution in [0.1, 0.15) is 32.7 Å². The van der Waals surface area contributed by atoms with Gasteiger partial charge in [0.2, 0.25) is 5.91 Å². The summed E-state index contributed by atoms with van der Waals surface area (Å²) >= 11 is 2.52. The lowest BCUT2D eigenvalue weighted by Crippen LogP contribution is -2.35. The van der Waals surface area contributed by atoms with Crippen LogP contribution in [0.2, 0.25) is 0 Å². The lowest BCUT2D eigenvalue weighted by atomic mass is 10.1. The van der Waals surface area contributed by atoms with Crippen LogP contribution >= 0.6 is 23.5 Å². The van der Waals surface area contributed by atoms with Crippen LogP contribution in [0, 0.1) is 0 Å². The Kier molecular flexibility index (Phi) is 6.71. The standard InChI is InChI=1S/C22H20N2O6S2/c25-19-18(32-22(29)23-19)10-13-2-5-15(6-3-13)30-9-1-8-24-12-31-17-7-4-14(21(27)28)11-16(17)20(24)26/h2-7,11,18H,1,8-10,12H2,(H,27,28)(H,23,25,29). The van der Waals surface area contributed by atoms with Crippen LogP contribution < -0.4 is 10.1 Å². The fourth-order valence-corrected chi connectivity index (χ4v) is 5.27. The van der Waals surface area contributed by atoms with Gasteiger partial charge in [0.15, 0.2) is 0 Å². The van der Waals surface area contributed by atoms with Crippen molar-refractivity contribution in [1.29, 1.82) is 0 Å². The Hall–Kier alpha value is -2.98. The molecule has 1 atom stereocenters. The minimum atomic E-state index is -1.05. The third-order valence-corrected chi connectivity index (χ3v) is 7.16. The van der Waals surface area contributed by atoms with Crippen molar-refractivity contribution in [3.05, 3.63) is 59.2 Å². The predicted molar refractivity (Wildman–Crippen MR) is 120 cm³/mol. The molecule has 0 bridgehead atoms. The number of carboxylic acid groups (broad SMARTS) is 1. The summed E-state index contributed by atoms with van der Waals surface area (Å²) in [6.07, 6.45) is 1.10. The number of rotatable bonds is 8. The number of thioether (sulfide) groups is 2. The van der Waals surface area contributed by atoms with E-state index in [2.05, 4.69) is 5.32 Å².